The number of allylic oxidation sites excluding steroid dienone is 2. The molecule has 18 heavy (non-hydrogen) atoms. The number of nitrogens with zero attached hydrogens (tertiary/aromatic N) is 1. The Bertz CT molecular complexity index is 380. The van der Waals surface area contributed by atoms with Gasteiger partial charge in [-0.3, -0.25) is 0 Å². The van der Waals surface area contributed by atoms with E-state index in [1.54, 1.807) is 11.0 Å². The molecule has 0 bridgehead atoms. The average Bonchev–Trinajstić information content (AvgIpc) is 2.40. The number of carbonyl (C=O) groups is 2. The second-order valence-corrected chi connectivity index (χ2v) is 3.82. The summed E-state index contributed by atoms with van der Waals surface area (Å²) in [6.07, 6.45) is 4.36. The van der Waals surface area contributed by atoms with Gasteiger partial charge in [0, 0.05) is 13.1 Å². The molecule has 0 aromatic rings. The van der Waals surface area contributed by atoms with Crippen molar-refractivity contribution in [2.24, 2.45) is 0 Å². The highest BCUT2D eigenvalue weighted by molar-refractivity contribution is 5.90. The molecule has 0 saturated carbocycles. The second kappa shape index (κ2) is 6.83. The topological polar surface area (TPSA) is 55.8 Å². The molecule has 0 unspecified atom stereocenters. The number of esters is 1. The lowest BCUT2D eigenvalue weighted by molar-refractivity contribution is -0.136. The summed E-state index contributed by atoms with van der Waals surface area (Å²) in [5, 5.41) is 0. The Morgan fingerprint density at radius 3 is 2.56 bits per heavy atom. The van der Waals surface area contributed by atoms with E-state index in [0.29, 0.717) is 30.8 Å². The Morgan fingerprint density at radius 2 is 2.00 bits per heavy atom. The minimum Gasteiger partial charge on any atom is -0.466 e. The van der Waals surface area contributed by atoms with E-state index in [4.69, 9.17) is 4.74 Å². The second-order valence-electron chi connectivity index (χ2n) is 3.82. The van der Waals surface area contributed by atoms with Crippen LogP contribution in [0.1, 0.15) is 26.7 Å². The van der Waals surface area contributed by atoms with E-state index in [0.717, 1.165) is 6.42 Å². The molecule has 0 atom stereocenters. The van der Waals surface area contributed by atoms with Gasteiger partial charge in [-0.2, -0.15) is 0 Å². The number of amides is 1. The molecular formula is C13H19NO4. The van der Waals surface area contributed by atoms with E-state index in [9.17, 15) is 9.59 Å². The van der Waals surface area contributed by atoms with E-state index in [2.05, 4.69) is 4.74 Å². The van der Waals surface area contributed by atoms with Crippen LogP contribution in [0.25, 0.3) is 0 Å². The van der Waals surface area contributed by atoms with Crippen molar-refractivity contribution >= 4 is 12.1 Å². The smallest absolute Gasteiger partial charge is 0.415 e. The molecule has 0 aromatic heterocycles. The molecule has 0 aliphatic heterocycles. The molecule has 0 N–H and O–H groups in total. The van der Waals surface area contributed by atoms with Crippen LogP contribution in [0.15, 0.2) is 23.5 Å². The minimum absolute atomic E-state index is 0.296. The molecule has 0 heterocycles. The number of rotatable bonds is 4. The summed E-state index contributed by atoms with van der Waals surface area (Å²) in [7, 11) is 1.32. The zero-order valence-corrected chi connectivity index (χ0v) is 11.1. The molecule has 0 spiro atoms. The third kappa shape index (κ3) is 3.35. The van der Waals surface area contributed by atoms with Gasteiger partial charge in [0.15, 0.2) is 0 Å². The van der Waals surface area contributed by atoms with E-state index >= 15 is 0 Å². The molecule has 0 radical (unpaired) electrons. The van der Waals surface area contributed by atoms with Crippen LogP contribution in [0.3, 0.4) is 0 Å². The van der Waals surface area contributed by atoms with E-state index < -0.39 is 12.1 Å². The summed E-state index contributed by atoms with van der Waals surface area (Å²) >= 11 is 0. The minimum atomic E-state index is -0.443. The maximum absolute atomic E-state index is 11.8. The summed E-state index contributed by atoms with van der Waals surface area (Å²) in [5.41, 5.74) is 0.417. The third-order valence-electron chi connectivity index (χ3n) is 2.78. The normalized spacial score (nSPS) is 14.4. The van der Waals surface area contributed by atoms with Gasteiger partial charge in [0.05, 0.1) is 12.7 Å². The van der Waals surface area contributed by atoms with Gasteiger partial charge in [0.1, 0.15) is 5.76 Å². The van der Waals surface area contributed by atoms with Crippen molar-refractivity contribution in [3.63, 3.8) is 0 Å². The molecule has 100 valence electrons. The fourth-order valence-electron chi connectivity index (χ4n) is 1.70. The summed E-state index contributed by atoms with van der Waals surface area (Å²) < 4.78 is 9.93. The monoisotopic (exact) mass is 253 g/mol. The Hall–Kier alpha value is -1.78. The molecular weight excluding hydrogens is 234 g/mol. The van der Waals surface area contributed by atoms with Crippen molar-refractivity contribution in [3.8, 4) is 0 Å². The standard InChI is InChI=1S/C13H19NO4/c1-4-14(5-2)13(16)18-11-9-7-6-8-10(11)12(15)17-3/h7,9H,4-6,8H2,1-3H3. The highest BCUT2D eigenvalue weighted by Crippen LogP contribution is 2.21. The largest absolute Gasteiger partial charge is 0.466 e. The molecule has 5 nitrogen and oxygen atoms in total. The molecule has 0 aromatic carbocycles. The lowest BCUT2D eigenvalue weighted by Gasteiger charge is -2.20. The first-order valence-corrected chi connectivity index (χ1v) is 6.08. The van der Waals surface area contributed by atoms with Crippen LogP contribution in [0, 0.1) is 0 Å². The van der Waals surface area contributed by atoms with Gasteiger partial charge in [-0.25, -0.2) is 9.59 Å². The van der Waals surface area contributed by atoms with Gasteiger partial charge in [-0.15, -0.1) is 0 Å². The quantitative estimate of drug-likeness (QED) is 0.721. The zero-order valence-electron chi connectivity index (χ0n) is 11.1. The van der Waals surface area contributed by atoms with E-state index in [-0.39, 0.29) is 0 Å². The lowest BCUT2D eigenvalue weighted by atomic mass is 10.0. The van der Waals surface area contributed by atoms with Gasteiger partial charge in [-0.1, -0.05) is 6.08 Å². The molecule has 0 saturated heterocycles. The summed E-state index contributed by atoms with van der Waals surface area (Å²) in [4.78, 5) is 24.9. The number of hydrogen-bond donors (Lipinski definition) is 0. The Morgan fingerprint density at radius 1 is 1.33 bits per heavy atom. The van der Waals surface area contributed by atoms with Crippen LogP contribution < -0.4 is 0 Å². The van der Waals surface area contributed by atoms with Crippen LogP contribution in [0.4, 0.5) is 4.79 Å². The van der Waals surface area contributed by atoms with Crippen LogP contribution >= 0.6 is 0 Å². The molecule has 1 rings (SSSR count). The third-order valence-corrected chi connectivity index (χ3v) is 2.78. The first kappa shape index (κ1) is 14.3. The van der Waals surface area contributed by atoms with Crippen molar-refractivity contribution in [2.75, 3.05) is 20.2 Å². The summed E-state index contributed by atoms with van der Waals surface area (Å²) in [5.74, 6) is -0.147. The summed E-state index contributed by atoms with van der Waals surface area (Å²) in [6.45, 7) is 4.88. The fraction of sp³-hybridized carbons (Fsp3) is 0.538. The Kier molecular flexibility index (Phi) is 5.42. The van der Waals surface area contributed by atoms with Crippen LogP contribution in [-0.2, 0) is 14.3 Å². The average molecular weight is 253 g/mol. The van der Waals surface area contributed by atoms with Crippen LogP contribution in [0.2, 0.25) is 0 Å². The summed E-state index contributed by atoms with van der Waals surface area (Å²) in [6, 6.07) is 0. The maximum atomic E-state index is 11.8. The van der Waals surface area contributed by atoms with Gasteiger partial charge in [0.25, 0.3) is 0 Å². The van der Waals surface area contributed by atoms with Crippen LogP contribution in [-0.4, -0.2) is 37.2 Å². The fourth-order valence-corrected chi connectivity index (χ4v) is 1.70. The molecule has 5 heteroatoms. The van der Waals surface area contributed by atoms with Crippen LogP contribution in [0.5, 0.6) is 0 Å². The van der Waals surface area contributed by atoms with E-state index in [1.807, 2.05) is 19.9 Å². The lowest BCUT2D eigenvalue weighted by Crippen LogP contribution is -2.31. The van der Waals surface area contributed by atoms with Crippen molar-refractivity contribution in [2.45, 2.75) is 26.7 Å². The highest BCUT2D eigenvalue weighted by atomic mass is 16.6. The molecule has 1 aliphatic rings. The van der Waals surface area contributed by atoms with Crippen molar-refractivity contribution < 1.29 is 19.1 Å². The SMILES string of the molecule is CCN(CC)C(=O)OC1=C(C(=O)OC)CCC=C1. The molecule has 1 amide bonds. The highest BCUT2D eigenvalue weighted by Gasteiger charge is 2.21. The maximum Gasteiger partial charge on any atom is 0.415 e. The van der Waals surface area contributed by atoms with Crippen molar-refractivity contribution in [3.05, 3.63) is 23.5 Å². The van der Waals surface area contributed by atoms with Gasteiger partial charge in [0.2, 0.25) is 0 Å². The van der Waals surface area contributed by atoms with E-state index in [1.165, 1.54) is 7.11 Å². The Labute approximate surface area is 107 Å². The van der Waals surface area contributed by atoms with Gasteiger partial charge in [-0.05, 0) is 32.8 Å². The zero-order chi connectivity index (χ0) is 13.5. The van der Waals surface area contributed by atoms with Crippen molar-refractivity contribution in [1.82, 2.24) is 4.90 Å². The first-order valence-electron chi connectivity index (χ1n) is 6.08. The molecule has 1 aliphatic carbocycles. The Balaban J connectivity index is 2.85. The number of carbonyl (C=O) groups excluding carboxylic acids is 2. The molecule has 0 fully saturated rings. The predicted octanol–water partition coefficient (Wildman–Crippen LogP) is 2.24. The first-order chi connectivity index (χ1) is 8.63. The van der Waals surface area contributed by atoms with Gasteiger partial charge >= 0.3 is 12.1 Å². The van der Waals surface area contributed by atoms with Gasteiger partial charge < -0.3 is 14.4 Å². The number of hydrogen-bond acceptors (Lipinski definition) is 4. The number of methoxy groups -OCH3 is 1. The number of ether oxygens (including phenoxy) is 2. The predicted molar refractivity (Wildman–Crippen MR) is 66.8 cm³/mol. The van der Waals surface area contributed by atoms with Crippen molar-refractivity contribution in [1.29, 1.82) is 0 Å².